The van der Waals surface area contributed by atoms with Crippen LogP contribution in [0, 0.1) is 12.3 Å². The van der Waals surface area contributed by atoms with Crippen molar-refractivity contribution in [3.63, 3.8) is 0 Å². The summed E-state index contributed by atoms with van der Waals surface area (Å²) in [6.07, 6.45) is 3.56. The minimum atomic E-state index is -0.238. The summed E-state index contributed by atoms with van der Waals surface area (Å²) >= 11 is 0. The van der Waals surface area contributed by atoms with Gasteiger partial charge in [0, 0.05) is 36.7 Å². The smallest absolute Gasteiger partial charge is 0.319 e. The quantitative estimate of drug-likeness (QED) is 0.507. The van der Waals surface area contributed by atoms with Gasteiger partial charge in [-0.05, 0) is 53.3 Å². The maximum atomic E-state index is 13.2. The molecule has 4 rings (SSSR count). The topological polar surface area (TPSA) is 66.5 Å². The normalized spacial score (nSPS) is 15.0. The monoisotopic (exact) mass is 458 g/mol. The maximum absolute atomic E-state index is 13.2. The number of rotatable bonds is 5. The Labute approximate surface area is 202 Å². The first kappa shape index (κ1) is 23.8. The van der Waals surface area contributed by atoms with Crippen molar-refractivity contribution in [2.75, 3.05) is 36.5 Å². The molecule has 2 N–H and O–H groups in total. The predicted molar refractivity (Wildman–Crippen MR) is 138 cm³/mol. The predicted octanol–water partition coefficient (Wildman–Crippen LogP) is 5.80. The SMILES string of the molecule is Cc1ccccc1-c1cc(N2CCOCC2)ccc1NC(=O)NC(c1cccnc1)C(C)(C)C. The van der Waals surface area contributed by atoms with Crippen molar-refractivity contribution < 1.29 is 9.53 Å². The third-order valence-electron chi connectivity index (χ3n) is 6.22. The second kappa shape index (κ2) is 10.3. The van der Waals surface area contributed by atoms with E-state index in [0.29, 0.717) is 0 Å². The molecule has 2 heterocycles. The molecule has 1 atom stereocenters. The number of anilines is 2. The van der Waals surface area contributed by atoms with Crippen LogP contribution < -0.4 is 15.5 Å². The Balaban J connectivity index is 1.64. The number of carbonyl (C=O) groups is 1. The molecule has 0 bridgehead atoms. The van der Waals surface area contributed by atoms with Gasteiger partial charge in [-0.25, -0.2) is 4.79 Å². The Bertz CT molecular complexity index is 1120. The lowest BCUT2D eigenvalue weighted by atomic mass is 9.83. The fraction of sp³-hybridized carbons (Fsp3) is 0.357. The fourth-order valence-corrected chi connectivity index (χ4v) is 4.39. The van der Waals surface area contributed by atoms with E-state index in [1.165, 1.54) is 0 Å². The number of benzene rings is 2. The standard InChI is InChI=1S/C28H34N4O2/c1-20-8-5-6-10-23(20)24-18-22(32-14-16-34-17-15-32)11-12-25(24)30-27(33)31-26(28(2,3)4)21-9-7-13-29-19-21/h5-13,18-19,26H,14-17H2,1-4H3,(H2,30,31,33). The van der Waals surface area contributed by atoms with E-state index in [-0.39, 0.29) is 17.5 Å². The van der Waals surface area contributed by atoms with Crippen LogP contribution in [-0.2, 0) is 4.74 Å². The average molecular weight is 459 g/mol. The summed E-state index contributed by atoms with van der Waals surface area (Å²) in [4.78, 5) is 19.8. The van der Waals surface area contributed by atoms with E-state index in [4.69, 9.17) is 4.74 Å². The number of nitrogens with zero attached hydrogens (tertiary/aromatic N) is 2. The molecular weight excluding hydrogens is 424 g/mol. The lowest BCUT2D eigenvalue weighted by molar-refractivity contribution is 0.122. The number of pyridine rings is 1. The van der Waals surface area contributed by atoms with Gasteiger partial charge in [0.2, 0.25) is 0 Å². The molecule has 3 aromatic rings. The Morgan fingerprint density at radius 1 is 1.03 bits per heavy atom. The van der Waals surface area contributed by atoms with Crippen LogP contribution >= 0.6 is 0 Å². The molecule has 0 saturated carbocycles. The van der Waals surface area contributed by atoms with Crippen LogP contribution in [0.3, 0.4) is 0 Å². The third-order valence-corrected chi connectivity index (χ3v) is 6.22. The van der Waals surface area contributed by atoms with Crippen molar-refractivity contribution in [3.8, 4) is 11.1 Å². The summed E-state index contributed by atoms with van der Waals surface area (Å²) < 4.78 is 5.52. The number of hydrogen-bond donors (Lipinski definition) is 2. The molecule has 1 aliphatic heterocycles. The first-order valence-electron chi connectivity index (χ1n) is 11.8. The highest BCUT2D eigenvalue weighted by molar-refractivity contribution is 5.96. The van der Waals surface area contributed by atoms with E-state index < -0.39 is 0 Å². The summed E-state index contributed by atoms with van der Waals surface area (Å²) in [5.74, 6) is 0. The first-order chi connectivity index (χ1) is 16.3. The first-order valence-corrected chi connectivity index (χ1v) is 11.8. The highest BCUT2D eigenvalue weighted by atomic mass is 16.5. The highest BCUT2D eigenvalue weighted by Gasteiger charge is 2.28. The number of aromatic nitrogens is 1. The molecule has 0 spiro atoms. The molecule has 1 aliphatic rings. The zero-order valence-corrected chi connectivity index (χ0v) is 20.5. The van der Waals surface area contributed by atoms with Crippen molar-refractivity contribution in [3.05, 3.63) is 78.1 Å². The van der Waals surface area contributed by atoms with Gasteiger partial charge in [-0.15, -0.1) is 0 Å². The van der Waals surface area contributed by atoms with Crippen LogP contribution in [0.5, 0.6) is 0 Å². The minimum Gasteiger partial charge on any atom is -0.378 e. The lowest BCUT2D eigenvalue weighted by Gasteiger charge is -2.32. The zero-order chi connectivity index (χ0) is 24.1. The fourth-order valence-electron chi connectivity index (χ4n) is 4.39. The van der Waals surface area contributed by atoms with Crippen molar-refractivity contribution in [1.29, 1.82) is 0 Å². The number of amides is 2. The van der Waals surface area contributed by atoms with Gasteiger partial charge in [0.15, 0.2) is 0 Å². The van der Waals surface area contributed by atoms with Crippen LogP contribution in [0.2, 0.25) is 0 Å². The largest absolute Gasteiger partial charge is 0.378 e. The highest BCUT2D eigenvalue weighted by Crippen LogP contribution is 2.35. The van der Waals surface area contributed by atoms with Gasteiger partial charge >= 0.3 is 6.03 Å². The van der Waals surface area contributed by atoms with Crippen LogP contribution in [0.1, 0.15) is 37.9 Å². The number of aryl methyl sites for hydroxylation is 1. The van der Waals surface area contributed by atoms with E-state index in [0.717, 1.165) is 59.9 Å². The molecule has 1 saturated heterocycles. The second-order valence-electron chi connectivity index (χ2n) is 9.83. The molecule has 2 amide bonds. The molecule has 1 fully saturated rings. The number of hydrogen-bond acceptors (Lipinski definition) is 4. The van der Waals surface area contributed by atoms with E-state index in [1.54, 1.807) is 6.20 Å². The molecule has 0 radical (unpaired) electrons. The van der Waals surface area contributed by atoms with Gasteiger partial charge in [0.05, 0.1) is 24.9 Å². The average Bonchev–Trinajstić information content (AvgIpc) is 2.84. The van der Waals surface area contributed by atoms with Gasteiger partial charge in [0.25, 0.3) is 0 Å². The van der Waals surface area contributed by atoms with Gasteiger partial charge < -0.3 is 20.3 Å². The van der Waals surface area contributed by atoms with E-state index in [2.05, 4.69) is 72.5 Å². The van der Waals surface area contributed by atoms with Crippen LogP contribution in [0.4, 0.5) is 16.2 Å². The zero-order valence-electron chi connectivity index (χ0n) is 20.5. The minimum absolute atomic E-state index is 0.181. The molecule has 0 aliphatic carbocycles. The molecule has 1 unspecified atom stereocenters. The van der Waals surface area contributed by atoms with Crippen LogP contribution in [0.15, 0.2) is 67.0 Å². The van der Waals surface area contributed by atoms with Gasteiger partial charge in [-0.3, -0.25) is 4.98 Å². The van der Waals surface area contributed by atoms with E-state index >= 15 is 0 Å². The Hall–Kier alpha value is -3.38. The van der Waals surface area contributed by atoms with Gasteiger partial charge in [-0.1, -0.05) is 51.1 Å². The Kier molecular flexibility index (Phi) is 7.17. The molecule has 2 aromatic carbocycles. The summed E-state index contributed by atoms with van der Waals surface area (Å²) in [6, 6.07) is 18.0. The Morgan fingerprint density at radius 3 is 2.47 bits per heavy atom. The third kappa shape index (κ3) is 5.57. The van der Waals surface area contributed by atoms with Gasteiger partial charge in [0.1, 0.15) is 0 Å². The van der Waals surface area contributed by atoms with E-state index in [9.17, 15) is 4.79 Å². The van der Waals surface area contributed by atoms with Crippen molar-refractivity contribution in [2.45, 2.75) is 33.7 Å². The van der Waals surface area contributed by atoms with Crippen molar-refractivity contribution >= 4 is 17.4 Å². The van der Waals surface area contributed by atoms with Crippen LogP contribution in [-0.4, -0.2) is 37.3 Å². The molecule has 1 aromatic heterocycles. The number of carbonyl (C=O) groups excluding carboxylic acids is 1. The summed E-state index contributed by atoms with van der Waals surface area (Å²) in [6.45, 7) is 11.6. The number of morpholine rings is 1. The van der Waals surface area contributed by atoms with Crippen molar-refractivity contribution in [2.24, 2.45) is 5.41 Å². The molecule has 6 nitrogen and oxygen atoms in total. The Morgan fingerprint density at radius 2 is 1.79 bits per heavy atom. The molecule has 6 heteroatoms. The van der Waals surface area contributed by atoms with E-state index in [1.807, 2.05) is 36.5 Å². The van der Waals surface area contributed by atoms with Crippen LogP contribution in [0.25, 0.3) is 11.1 Å². The molecule has 34 heavy (non-hydrogen) atoms. The van der Waals surface area contributed by atoms with Crippen molar-refractivity contribution in [1.82, 2.24) is 10.3 Å². The lowest BCUT2D eigenvalue weighted by Crippen LogP contribution is -2.39. The maximum Gasteiger partial charge on any atom is 0.319 e. The summed E-state index contributed by atoms with van der Waals surface area (Å²) in [7, 11) is 0. The number of urea groups is 1. The summed E-state index contributed by atoms with van der Waals surface area (Å²) in [5, 5.41) is 6.30. The van der Waals surface area contributed by atoms with Gasteiger partial charge in [-0.2, -0.15) is 0 Å². The number of ether oxygens (including phenoxy) is 1. The number of nitrogens with one attached hydrogen (secondary N) is 2. The summed E-state index contributed by atoms with van der Waals surface area (Å²) in [5.41, 5.74) is 5.98. The second-order valence-corrected chi connectivity index (χ2v) is 9.83. The molecule has 178 valence electrons. The molecular formula is C28H34N4O2.